The molecule has 1 aromatic carbocycles. The average Bonchev–Trinajstić information content (AvgIpc) is 2.69. The van der Waals surface area contributed by atoms with Gasteiger partial charge in [-0.25, -0.2) is 57.1 Å². The fourth-order valence-electron chi connectivity index (χ4n) is 3.05. The van der Waals surface area contributed by atoms with Crippen molar-refractivity contribution < 1.29 is 56.8 Å². The number of amides is 1. The predicted octanol–water partition coefficient (Wildman–Crippen LogP) is 0.885. The van der Waals surface area contributed by atoms with Crippen molar-refractivity contribution in [3.63, 3.8) is 0 Å². The molecular weight excluding hydrogens is 518 g/mol. The van der Waals surface area contributed by atoms with Crippen molar-refractivity contribution in [3.8, 4) is 0 Å². The Hall–Kier alpha value is -2.21. The molecule has 5 N–H and O–H groups in total. The van der Waals surface area contributed by atoms with Crippen LogP contribution >= 0.6 is 0 Å². The molecule has 0 spiro atoms. The Bertz CT molecular complexity index is 1150. The highest BCUT2D eigenvalue weighted by atomic mass is 32.2. The van der Waals surface area contributed by atoms with Crippen LogP contribution in [0, 0.1) is 17.5 Å². The fraction of sp³-hybridized carbons (Fsp3) is 0.533. The normalized spacial score (nSPS) is 28.5. The first-order chi connectivity index (χ1) is 14.9. The molecule has 1 aliphatic carbocycles. The zero-order chi connectivity index (χ0) is 25.6. The van der Waals surface area contributed by atoms with E-state index in [0.29, 0.717) is 0 Å². The highest BCUT2D eigenvalue weighted by Gasteiger charge is 2.54. The zero-order valence-electron chi connectivity index (χ0n) is 15.9. The summed E-state index contributed by atoms with van der Waals surface area (Å²) in [6.45, 7) is 0. The highest BCUT2D eigenvalue weighted by molar-refractivity contribution is 7.91. The molecule has 1 amide bonds. The maximum absolute atomic E-state index is 14.9. The Morgan fingerprint density at radius 3 is 1.64 bits per heavy atom. The second-order valence-electron chi connectivity index (χ2n) is 6.95. The third-order valence-electron chi connectivity index (χ3n) is 4.66. The number of rotatable bonds is 7. The summed E-state index contributed by atoms with van der Waals surface area (Å²) in [6.07, 6.45) is -17.7. The van der Waals surface area contributed by atoms with Crippen LogP contribution in [0.1, 0.15) is 6.42 Å². The third kappa shape index (κ3) is 5.01. The SMILES string of the molecule is NC(=O)CCS(=O)(=O)c1c(F)c(F)c(S(N)(=O)=O)c(F)c1NC1C(F)C(F)C(F)C(F)C1F. The Kier molecular flexibility index (Phi) is 7.54. The number of carbonyl (C=O) groups is 1. The number of halogens is 8. The molecule has 4 atom stereocenters. The van der Waals surface area contributed by atoms with Gasteiger partial charge in [-0.3, -0.25) is 4.79 Å². The van der Waals surface area contributed by atoms with E-state index in [1.54, 1.807) is 0 Å². The number of sulfone groups is 1. The summed E-state index contributed by atoms with van der Waals surface area (Å²) in [6, 6.07) is -2.93. The molecule has 0 radical (unpaired) electrons. The number of nitrogens with one attached hydrogen (secondary N) is 1. The van der Waals surface area contributed by atoms with Crippen molar-refractivity contribution in [2.45, 2.75) is 53.1 Å². The van der Waals surface area contributed by atoms with Crippen LogP contribution in [0.3, 0.4) is 0 Å². The van der Waals surface area contributed by atoms with E-state index >= 15 is 0 Å². The number of hydrogen-bond acceptors (Lipinski definition) is 6. The Balaban J connectivity index is 2.81. The molecule has 1 aromatic rings. The van der Waals surface area contributed by atoms with Crippen molar-refractivity contribution in [1.29, 1.82) is 0 Å². The van der Waals surface area contributed by atoms with Crippen LogP contribution in [-0.4, -0.2) is 65.4 Å². The molecule has 1 aliphatic rings. The van der Waals surface area contributed by atoms with Crippen LogP contribution in [0.15, 0.2) is 9.79 Å². The molecule has 188 valence electrons. The third-order valence-corrected chi connectivity index (χ3v) is 7.34. The smallest absolute Gasteiger partial charge is 0.244 e. The molecule has 0 aromatic heterocycles. The summed E-state index contributed by atoms with van der Waals surface area (Å²) < 4.78 is 161. The predicted molar refractivity (Wildman–Crippen MR) is 95.4 cm³/mol. The minimum Gasteiger partial charge on any atom is -0.373 e. The zero-order valence-corrected chi connectivity index (χ0v) is 17.5. The summed E-state index contributed by atoms with van der Waals surface area (Å²) in [5, 5.41) is 5.85. The number of nitrogens with two attached hydrogens (primary N) is 2. The van der Waals surface area contributed by atoms with E-state index in [0.717, 1.165) is 0 Å². The maximum Gasteiger partial charge on any atom is 0.244 e. The van der Waals surface area contributed by atoms with E-state index < -0.39 is 108 Å². The van der Waals surface area contributed by atoms with Gasteiger partial charge in [-0.15, -0.1) is 0 Å². The Morgan fingerprint density at radius 2 is 1.21 bits per heavy atom. The van der Waals surface area contributed by atoms with Gasteiger partial charge in [-0.1, -0.05) is 0 Å². The summed E-state index contributed by atoms with van der Waals surface area (Å²) in [5.41, 5.74) is 2.79. The fourth-order valence-corrected chi connectivity index (χ4v) is 5.24. The maximum atomic E-state index is 14.9. The number of benzene rings is 1. The minimum atomic E-state index is -5.49. The van der Waals surface area contributed by atoms with E-state index in [2.05, 4.69) is 5.14 Å². The molecular formula is C15H15F8N3O5S2. The van der Waals surface area contributed by atoms with Crippen molar-refractivity contribution in [3.05, 3.63) is 17.5 Å². The molecule has 0 bridgehead atoms. The van der Waals surface area contributed by atoms with Crippen LogP contribution in [0.2, 0.25) is 0 Å². The molecule has 33 heavy (non-hydrogen) atoms. The molecule has 0 aliphatic heterocycles. The van der Waals surface area contributed by atoms with E-state index in [-0.39, 0.29) is 0 Å². The van der Waals surface area contributed by atoms with E-state index in [1.807, 2.05) is 0 Å². The van der Waals surface area contributed by atoms with Crippen LogP contribution in [0.25, 0.3) is 0 Å². The second-order valence-corrected chi connectivity index (χ2v) is 10.5. The quantitative estimate of drug-likeness (QED) is 0.350. The molecule has 18 heteroatoms. The Morgan fingerprint density at radius 1 is 0.788 bits per heavy atom. The van der Waals surface area contributed by atoms with Gasteiger partial charge in [-0.2, -0.15) is 0 Å². The van der Waals surface area contributed by atoms with Crippen molar-refractivity contribution in [2.75, 3.05) is 11.1 Å². The lowest BCUT2D eigenvalue weighted by Crippen LogP contribution is -2.59. The molecule has 0 saturated heterocycles. The van der Waals surface area contributed by atoms with E-state index in [4.69, 9.17) is 5.73 Å². The summed E-state index contributed by atoms with van der Waals surface area (Å²) in [7, 11) is -10.8. The first-order valence-electron chi connectivity index (χ1n) is 8.64. The summed E-state index contributed by atoms with van der Waals surface area (Å²) in [4.78, 5) is 6.51. The van der Waals surface area contributed by atoms with Gasteiger partial charge in [0.2, 0.25) is 15.9 Å². The van der Waals surface area contributed by atoms with Gasteiger partial charge >= 0.3 is 0 Å². The monoisotopic (exact) mass is 533 g/mol. The molecule has 1 fully saturated rings. The highest BCUT2D eigenvalue weighted by Crippen LogP contribution is 2.39. The molecule has 4 unspecified atom stereocenters. The van der Waals surface area contributed by atoms with Crippen molar-refractivity contribution in [1.82, 2.24) is 0 Å². The number of primary sulfonamides is 1. The van der Waals surface area contributed by atoms with Gasteiger partial charge in [0, 0.05) is 6.42 Å². The van der Waals surface area contributed by atoms with Crippen LogP contribution in [0.5, 0.6) is 0 Å². The summed E-state index contributed by atoms with van der Waals surface area (Å²) in [5.74, 6) is -10.5. The summed E-state index contributed by atoms with van der Waals surface area (Å²) >= 11 is 0. The average molecular weight is 533 g/mol. The molecule has 1 saturated carbocycles. The van der Waals surface area contributed by atoms with Crippen molar-refractivity contribution in [2.24, 2.45) is 10.9 Å². The topological polar surface area (TPSA) is 149 Å². The molecule has 0 heterocycles. The number of carbonyl (C=O) groups excluding carboxylic acids is 1. The number of primary amides is 1. The molecule has 8 nitrogen and oxygen atoms in total. The minimum absolute atomic E-state index is 1.05. The van der Waals surface area contributed by atoms with E-state index in [1.165, 1.54) is 5.32 Å². The first kappa shape index (κ1) is 27.0. The number of alkyl halides is 5. The second kappa shape index (κ2) is 9.21. The number of hydrogen-bond donors (Lipinski definition) is 3. The van der Waals surface area contributed by atoms with Crippen LogP contribution in [-0.2, 0) is 24.7 Å². The Labute approximate surface area is 181 Å². The van der Waals surface area contributed by atoms with Gasteiger partial charge in [0.05, 0.1) is 17.5 Å². The van der Waals surface area contributed by atoms with Crippen LogP contribution < -0.4 is 16.2 Å². The largest absolute Gasteiger partial charge is 0.373 e. The van der Waals surface area contributed by atoms with Gasteiger partial charge in [0.15, 0.2) is 63.0 Å². The van der Waals surface area contributed by atoms with Gasteiger partial charge < -0.3 is 11.1 Å². The van der Waals surface area contributed by atoms with Gasteiger partial charge in [0.25, 0.3) is 0 Å². The van der Waals surface area contributed by atoms with Crippen LogP contribution in [0.4, 0.5) is 40.8 Å². The van der Waals surface area contributed by atoms with Crippen molar-refractivity contribution >= 4 is 31.5 Å². The first-order valence-corrected chi connectivity index (χ1v) is 11.8. The molecule has 2 rings (SSSR count). The lowest BCUT2D eigenvalue weighted by Gasteiger charge is -2.37. The van der Waals surface area contributed by atoms with E-state index in [9.17, 15) is 56.8 Å². The number of anilines is 1. The van der Waals surface area contributed by atoms with Gasteiger partial charge in [-0.05, 0) is 0 Å². The number of sulfonamides is 1. The van der Waals surface area contributed by atoms with Gasteiger partial charge in [0.1, 0.15) is 4.90 Å². The lowest BCUT2D eigenvalue weighted by molar-refractivity contribution is -0.117. The standard InChI is InChI=1S/C15H15F8N3O5S2/c16-4-5(17)7(19)12(8(20)6(4)18)26-13-11(23)14(33(25,30)31)9(21)10(22)15(13)32(28,29)2-1-3(24)27/h4-8,12,26H,1-2H2,(H2,24,27)(H2,25,30,31). The lowest BCUT2D eigenvalue weighted by atomic mass is 9.87.